The van der Waals surface area contributed by atoms with Gasteiger partial charge in [-0.05, 0) is 60.7 Å². The zero-order valence-corrected chi connectivity index (χ0v) is 15.7. The minimum atomic E-state index is -0.988. The first-order valence-corrected chi connectivity index (χ1v) is 9.81. The summed E-state index contributed by atoms with van der Waals surface area (Å²) in [5, 5.41) is 10.1. The van der Waals surface area contributed by atoms with E-state index in [0.717, 1.165) is 18.5 Å². The number of thioether (sulfide) groups is 1. The van der Waals surface area contributed by atoms with E-state index in [-0.39, 0.29) is 11.4 Å². The predicted octanol–water partition coefficient (Wildman–Crippen LogP) is 4.64. The Morgan fingerprint density at radius 2 is 2.00 bits per heavy atom. The van der Waals surface area contributed by atoms with E-state index in [1.807, 2.05) is 30.0 Å². The van der Waals surface area contributed by atoms with Crippen LogP contribution in [0.3, 0.4) is 0 Å². The fourth-order valence-electron chi connectivity index (χ4n) is 3.32. The first kappa shape index (κ1) is 18.7. The molecule has 1 heterocycles. The molecule has 2 unspecified atom stereocenters. The van der Waals surface area contributed by atoms with Crippen molar-refractivity contribution >= 4 is 23.8 Å². The first-order valence-electron chi connectivity index (χ1n) is 8.52. The molecule has 0 radical (unpaired) electrons. The molecule has 1 saturated heterocycles. The molecule has 3 rings (SSSR count). The van der Waals surface area contributed by atoms with Crippen LogP contribution in [0.25, 0.3) is 17.2 Å². The zero-order valence-electron chi connectivity index (χ0n) is 14.9. The van der Waals surface area contributed by atoms with Gasteiger partial charge in [0.2, 0.25) is 0 Å². The summed E-state index contributed by atoms with van der Waals surface area (Å²) >= 11 is 1.90. The van der Waals surface area contributed by atoms with Crippen molar-refractivity contribution in [2.75, 3.05) is 19.8 Å². The number of carboxylic acid groups (broad SMARTS) is 1. The molecule has 1 aliphatic rings. The van der Waals surface area contributed by atoms with Crippen LogP contribution in [0.1, 0.15) is 22.3 Å². The highest BCUT2D eigenvalue weighted by Crippen LogP contribution is 2.28. The van der Waals surface area contributed by atoms with Crippen molar-refractivity contribution in [3.8, 4) is 11.1 Å². The van der Waals surface area contributed by atoms with E-state index in [1.54, 1.807) is 18.2 Å². The highest BCUT2D eigenvalue weighted by atomic mass is 32.2. The Hall–Kier alpha value is -2.11. The second kappa shape index (κ2) is 8.06. The van der Waals surface area contributed by atoms with Gasteiger partial charge in [-0.25, -0.2) is 9.18 Å². The summed E-state index contributed by atoms with van der Waals surface area (Å²) in [6.07, 6.45) is 7.49. The molecule has 1 aliphatic heterocycles. The molecule has 0 bridgehead atoms. The summed E-state index contributed by atoms with van der Waals surface area (Å²) in [6.45, 7) is 1.08. The van der Waals surface area contributed by atoms with Gasteiger partial charge in [-0.3, -0.25) is 4.90 Å². The third kappa shape index (κ3) is 4.17. The lowest BCUT2D eigenvalue weighted by Gasteiger charge is -2.14. The standard InChI is InChI=1S/C21H22FNO2S/c1-23-13-18(26-2)12-17(23)9-3-14-4-10-19(21(24)25)20(11-14)15-5-7-16(22)8-6-15/h3-11,17-18H,12-13H2,1-2H3,(H,24,25)/b9-3+. The van der Waals surface area contributed by atoms with Crippen LogP contribution in [0.5, 0.6) is 0 Å². The van der Waals surface area contributed by atoms with E-state index in [1.165, 1.54) is 12.1 Å². The van der Waals surface area contributed by atoms with Crippen molar-refractivity contribution in [2.24, 2.45) is 0 Å². The molecule has 5 heteroatoms. The Morgan fingerprint density at radius 1 is 1.27 bits per heavy atom. The van der Waals surface area contributed by atoms with Crippen LogP contribution in [0.15, 0.2) is 48.5 Å². The summed E-state index contributed by atoms with van der Waals surface area (Å²) in [5.41, 5.74) is 2.45. The molecular formula is C21H22FNO2S. The molecule has 2 atom stereocenters. The number of halogens is 1. The molecule has 1 N–H and O–H groups in total. The predicted molar refractivity (Wildman–Crippen MR) is 106 cm³/mol. The lowest BCUT2D eigenvalue weighted by atomic mass is 9.96. The minimum absolute atomic E-state index is 0.217. The van der Waals surface area contributed by atoms with Gasteiger partial charge in [0, 0.05) is 17.8 Å². The Morgan fingerprint density at radius 3 is 2.62 bits per heavy atom. The third-order valence-corrected chi connectivity index (χ3v) is 5.84. The fraction of sp³-hybridized carbons (Fsp3) is 0.286. The van der Waals surface area contributed by atoms with Crippen molar-refractivity contribution < 1.29 is 14.3 Å². The molecule has 0 amide bonds. The summed E-state index contributed by atoms with van der Waals surface area (Å²) in [7, 11) is 2.13. The molecule has 0 aromatic heterocycles. The van der Waals surface area contributed by atoms with Crippen LogP contribution < -0.4 is 0 Å². The van der Waals surface area contributed by atoms with Gasteiger partial charge < -0.3 is 5.11 Å². The number of carbonyl (C=O) groups is 1. The van der Waals surface area contributed by atoms with Gasteiger partial charge in [-0.15, -0.1) is 0 Å². The lowest BCUT2D eigenvalue weighted by molar-refractivity contribution is 0.0697. The molecule has 2 aromatic carbocycles. The van der Waals surface area contributed by atoms with Crippen molar-refractivity contribution in [1.82, 2.24) is 4.90 Å². The summed E-state index contributed by atoms with van der Waals surface area (Å²) < 4.78 is 13.2. The lowest BCUT2D eigenvalue weighted by Crippen LogP contribution is -2.22. The number of aromatic carboxylic acids is 1. The quantitative estimate of drug-likeness (QED) is 0.831. The second-order valence-electron chi connectivity index (χ2n) is 6.58. The van der Waals surface area contributed by atoms with E-state index in [4.69, 9.17) is 0 Å². The number of benzene rings is 2. The number of likely N-dealkylation sites (N-methyl/N-ethyl adjacent to an activating group) is 1. The van der Waals surface area contributed by atoms with Gasteiger partial charge in [0.25, 0.3) is 0 Å². The number of nitrogens with zero attached hydrogens (tertiary/aromatic N) is 1. The first-order chi connectivity index (χ1) is 12.5. The van der Waals surface area contributed by atoms with E-state index in [9.17, 15) is 14.3 Å². The third-order valence-electron chi connectivity index (χ3n) is 4.84. The summed E-state index contributed by atoms with van der Waals surface area (Å²) in [6, 6.07) is 11.6. The van der Waals surface area contributed by atoms with E-state index in [0.29, 0.717) is 22.4 Å². The summed E-state index contributed by atoms with van der Waals surface area (Å²) in [5.74, 6) is -1.33. The topological polar surface area (TPSA) is 40.5 Å². The number of hydrogen-bond acceptors (Lipinski definition) is 3. The largest absolute Gasteiger partial charge is 0.478 e. The van der Waals surface area contributed by atoms with E-state index >= 15 is 0 Å². The van der Waals surface area contributed by atoms with Crippen molar-refractivity contribution in [3.63, 3.8) is 0 Å². The maximum Gasteiger partial charge on any atom is 0.336 e. The number of rotatable bonds is 5. The van der Waals surface area contributed by atoms with Crippen LogP contribution in [0, 0.1) is 5.82 Å². The minimum Gasteiger partial charge on any atom is -0.478 e. The highest BCUT2D eigenvalue weighted by Gasteiger charge is 2.26. The Labute approximate surface area is 157 Å². The van der Waals surface area contributed by atoms with Gasteiger partial charge in [-0.1, -0.05) is 30.4 Å². The van der Waals surface area contributed by atoms with Crippen LogP contribution in [0.4, 0.5) is 4.39 Å². The molecular weight excluding hydrogens is 349 g/mol. The molecule has 3 nitrogen and oxygen atoms in total. The van der Waals surface area contributed by atoms with Crippen LogP contribution in [-0.2, 0) is 0 Å². The van der Waals surface area contributed by atoms with Gasteiger partial charge in [0.05, 0.1) is 5.56 Å². The Kier molecular flexibility index (Phi) is 5.79. The monoisotopic (exact) mass is 371 g/mol. The SMILES string of the molecule is CSC1CC(/C=C/c2ccc(C(=O)O)c(-c3ccc(F)cc3)c2)N(C)C1. The van der Waals surface area contributed by atoms with Crippen molar-refractivity contribution in [2.45, 2.75) is 17.7 Å². The van der Waals surface area contributed by atoms with E-state index in [2.05, 4.69) is 24.3 Å². The smallest absolute Gasteiger partial charge is 0.336 e. The molecule has 136 valence electrons. The highest BCUT2D eigenvalue weighted by molar-refractivity contribution is 7.99. The fourth-order valence-corrected chi connectivity index (χ4v) is 4.09. The summed E-state index contributed by atoms with van der Waals surface area (Å²) in [4.78, 5) is 13.9. The maximum atomic E-state index is 13.2. The second-order valence-corrected chi connectivity index (χ2v) is 7.71. The van der Waals surface area contributed by atoms with Crippen molar-refractivity contribution in [1.29, 1.82) is 0 Å². The average molecular weight is 371 g/mol. The van der Waals surface area contributed by atoms with Gasteiger partial charge in [0.15, 0.2) is 0 Å². The number of carboxylic acids is 1. The molecule has 2 aromatic rings. The normalized spacial score (nSPS) is 20.7. The molecule has 0 aliphatic carbocycles. The van der Waals surface area contributed by atoms with Gasteiger partial charge in [0.1, 0.15) is 5.82 Å². The number of hydrogen-bond donors (Lipinski definition) is 1. The zero-order chi connectivity index (χ0) is 18.7. The van der Waals surface area contributed by atoms with Crippen LogP contribution in [0.2, 0.25) is 0 Å². The van der Waals surface area contributed by atoms with Gasteiger partial charge >= 0.3 is 5.97 Å². The van der Waals surface area contributed by atoms with Crippen molar-refractivity contribution in [3.05, 3.63) is 65.5 Å². The van der Waals surface area contributed by atoms with Gasteiger partial charge in [-0.2, -0.15) is 11.8 Å². The van der Waals surface area contributed by atoms with Crippen LogP contribution in [-0.4, -0.2) is 47.1 Å². The number of likely N-dealkylation sites (tertiary alicyclic amines) is 1. The molecule has 0 spiro atoms. The molecule has 0 saturated carbocycles. The molecule has 1 fully saturated rings. The average Bonchev–Trinajstić information content (AvgIpc) is 3.00. The maximum absolute atomic E-state index is 13.2. The Balaban J connectivity index is 1.89. The van der Waals surface area contributed by atoms with E-state index < -0.39 is 5.97 Å². The Bertz CT molecular complexity index is 819. The molecule has 26 heavy (non-hydrogen) atoms. The van der Waals surface area contributed by atoms with Crippen LogP contribution >= 0.6 is 11.8 Å².